The van der Waals surface area contributed by atoms with Crippen LogP contribution >= 0.6 is 11.3 Å². The highest BCUT2D eigenvalue weighted by atomic mass is 32.1. The van der Waals surface area contributed by atoms with E-state index in [0.717, 1.165) is 0 Å². The zero-order valence-electron chi connectivity index (χ0n) is 15.5. The minimum atomic E-state index is -0.356. The molecule has 1 atom stereocenters. The first-order chi connectivity index (χ1) is 12.9. The Labute approximate surface area is 161 Å². The maximum Gasteiger partial charge on any atom is 0.226 e. The summed E-state index contributed by atoms with van der Waals surface area (Å²) in [5.74, 6) is 0.401. The molecular formula is C20H22FN3O2S. The first kappa shape index (κ1) is 19.3. The second kappa shape index (κ2) is 8.45. The molecule has 1 amide bonds. The number of halogens is 1. The van der Waals surface area contributed by atoms with Gasteiger partial charge in [0.1, 0.15) is 11.6 Å². The number of carbonyl (C=O) groups is 1. The van der Waals surface area contributed by atoms with E-state index in [1.54, 1.807) is 30.4 Å². The Hall–Kier alpha value is -2.51. The van der Waals surface area contributed by atoms with Crippen molar-refractivity contribution >= 4 is 17.2 Å². The van der Waals surface area contributed by atoms with Gasteiger partial charge in [-0.15, -0.1) is 11.3 Å². The zero-order chi connectivity index (χ0) is 19.4. The SMILES string of the molecule is Cc1oc(-c2cccc(F)c2)nc1CC(=O)NCC(c1cccs1)N(C)C. The van der Waals surface area contributed by atoms with Crippen molar-refractivity contribution in [3.05, 3.63) is 63.9 Å². The standard InChI is InChI=1S/C20H22FN3O2S/c1-13-16(23-20(26-13)14-6-4-7-15(21)10-14)11-19(25)22-12-17(24(2)3)18-8-5-9-27-18/h4-10,17H,11-12H2,1-3H3,(H,22,25). The van der Waals surface area contributed by atoms with Crippen LogP contribution in [0.4, 0.5) is 4.39 Å². The highest BCUT2D eigenvalue weighted by Gasteiger charge is 2.18. The molecule has 1 N–H and O–H groups in total. The van der Waals surface area contributed by atoms with Crippen molar-refractivity contribution in [2.75, 3.05) is 20.6 Å². The Kier molecular flexibility index (Phi) is 6.03. The molecule has 0 spiro atoms. The highest BCUT2D eigenvalue weighted by Crippen LogP contribution is 2.24. The van der Waals surface area contributed by atoms with Crippen LogP contribution < -0.4 is 5.32 Å². The number of benzene rings is 1. The number of hydrogen-bond acceptors (Lipinski definition) is 5. The molecule has 1 aromatic carbocycles. The molecule has 0 aliphatic rings. The second-order valence-electron chi connectivity index (χ2n) is 6.51. The van der Waals surface area contributed by atoms with Crippen LogP contribution in [0.3, 0.4) is 0 Å². The van der Waals surface area contributed by atoms with E-state index in [-0.39, 0.29) is 24.2 Å². The van der Waals surface area contributed by atoms with E-state index >= 15 is 0 Å². The largest absolute Gasteiger partial charge is 0.441 e. The monoisotopic (exact) mass is 387 g/mol. The summed E-state index contributed by atoms with van der Waals surface area (Å²) in [5, 5.41) is 5.00. The Balaban J connectivity index is 1.64. The Morgan fingerprint density at radius 3 is 2.81 bits per heavy atom. The number of aryl methyl sites for hydroxylation is 1. The summed E-state index contributed by atoms with van der Waals surface area (Å²) in [6.07, 6.45) is 0.120. The molecule has 0 saturated heterocycles. The first-order valence-electron chi connectivity index (χ1n) is 8.63. The van der Waals surface area contributed by atoms with Gasteiger partial charge in [0.15, 0.2) is 0 Å². The van der Waals surface area contributed by atoms with Gasteiger partial charge in [-0.25, -0.2) is 9.37 Å². The molecule has 0 radical (unpaired) electrons. The van der Waals surface area contributed by atoms with Crippen molar-refractivity contribution < 1.29 is 13.6 Å². The van der Waals surface area contributed by atoms with Gasteiger partial charge in [-0.2, -0.15) is 0 Å². The van der Waals surface area contributed by atoms with Crippen LogP contribution in [0, 0.1) is 12.7 Å². The van der Waals surface area contributed by atoms with E-state index < -0.39 is 0 Å². The van der Waals surface area contributed by atoms with Crippen molar-refractivity contribution in [2.24, 2.45) is 0 Å². The van der Waals surface area contributed by atoms with Gasteiger partial charge in [-0.05, 0) is 50.7 Å². The van der Waals surface area contributed by atoms with Crippen LogP contribution in [0.1, 0.15) is 22.4 Å². The fraction of sp³-hybridized carbons (Fsp3) is 0.300. The lowest BCUT2D eigenvalue weighted by Gasteiger charge is -2.23. The molecule has 1 unspecified atom stereocenters. The summed E-state index contributed by atoms with van der Waals surface area (Å²) in [7, 11) is 3.98. The van der Waals surface area contributed by atoms with E-state index in [1.807, 2.05) is 25.5 Å². The van der Waals surface area contributed by atoms with Gasteiger partial charge in [0, 0.05) is 17.0 Å². The molecule has 5 nitrogen and oxygen atoms in total. The third-order valence-electron chi connectivity index (χ3n) is 4.28. The predicted octanol–water partition coefficient (Wildman–Crippen LogP) is 3.81. The molecule has 0 fully saturated rings. The van der Waals surface area contributed by atoms with Crippen molar-refractivity contribution in [2.45, 2.75) is 19.4 Å². The number of thiophene rings is 1. The minimum absolute atomic E-state index is 0.120. The number of rotatable bonds is 7. The highest BCUT2D eigenvalue weighted by molar-refractivity contribution is 7.10. The van der Waals surface area contributed by atoms with Gasteiger partial charge in [0.05, 0.1) is 18.2 Å². The van der Waals surface area contributed by atoms with Gasteiger partial charge < -0.3 is 14.6 Å². The number of amides is 1. The second-order valence-corrected chi connectivity index (χ2v) is 7.49. The average Bonchev–Trinajstić information content (AvgIpc) is 3.26. The topological polar surface area (TPSA) is 58.4 Å². The predicted molar refractivity (Wildman–Crippen MR) is 104 cm³/mol. The molecule has 0 aliphatic heterocycles. The Morgan fingerprint density at radius 2 is 2.15 bits per heavy atom. The van der Waals surface area contributed by atoms with Gasteiger partial charge in [-0.1, -0.05) is 12.1 Å². The summed E-state index contributed by atoms with van der Waals surface area (Å²) in [6, 6.07) is 10.2. The third kappa shape index (κ3) is 4.81. The summed E-state index contributed by atoms with van der Waals surface area (Å²) in [6.45, 7) is 2.27. The lowest BCUT2D eigenvalue weighted by atomic mass is 10.2. The van der Waals surface area contributed by atoms with Crippen molar-refractivity contribution in [3.8, 4) is 11.5 Å². The van der Waals surface area contributed by atoms with Crippen LogP contribution in [0.5, 0.6) is 0 Å². The molecule has 3 rings (SSSR count). The summed E-state index contributed by atoms with van der Waals surface area (Å²) in [4.78, 5) is 20.0. The van der Waals surface area contributed by atoms with Gasteiger partial charge in [0.2, 0.25) is 11.8 Å². The maximum atomic E-state index is 13.4. The van der Waals surface area contributed by atoms with Gasteiger partial charge >= 0.3 is 0 Å². The van der Waals surface area contributed by atoms with E-state index in [4.69, 9.17) is 4.42 Å². The van der Waals surface area contributed by atoms with E-state index in [9.17, 15) is 9.18 Å². The molecule has 142 valence electrons. The summed E-state index contributed by atoms with van der Waals surface area (Å²) >= 11 is 1.67. The Bertz CT molecular complexity index is 906. The number of likely N-dealkylation sites (N-methyl/N-ethyl adjacent to an activating group) is 1. The molecule has 0 bridgehead atoms. The number of nitrogens with zero attached hydrogens (tertiary/aromatic N) is 2. The van der Waals surface area contributed by atoms with Crippen molar-refractivity contribution in [3.63, 3.8) is 0 Å². The van der Waals surface area contributed by atoms with Crippen LogP contribution in [-0.2, 0) is 11.2 Å². The molecule has 3 aromatic rings. The smallest absolute Gasteiger partial charge is 0.226 e. The number of nitrogens with one attached hydrogen (secondary N) is 1. The molecular weight excluding hydrogens is 365 g/mol. The number of oxazole rings is 1. The third-order valence-corrected chi connectivity index (χ3v) is 5.25. The Morgan fingerprint density at radius 1 is 1.33 bits per heavy atom. The van der Waals surface area contributed by atoms with Crippen LogP contribution in [-0.4, -0.2) is 36.4 Å². The van der Waals surface area contributed by atoms with Crippen LogP contribution in [0.2, 0.25) is 0 Å². The molecule has 27 heavy (non-hydrogen) atoms. The summed E-state index contributed by atoms with van der Waals surface area (Å²) < 4.78 is 19.0. The molecule has 7 heteroatoms. The number of hydrogen-bond donors (Lipinski definition) is 1. The maximum absolute atomic E-state index is 13.4. The van der Waals surface area contributed by atoms with E-state index in [2.05, 4.69) is 21.3 Å². The molecule has 2 heterocycles. The fourth-order valence-electron chi connectivity index (χ4n) is 2.78. The van der Waals surface area contributed by atoms with Gasteiger partial charge in [-0.3, -0.25) is 4.79 Å². The first-order valence-corrected chi connectivity index (χ1v) is 9.50. The van der Waals surface area contributed by atoms with Crippen molar-refractivity contribution in [1.82, 2.24) is 15.2 Å². The van der Waals surface area contributed by atoms with Crippen LogP contribution in [0.15, 0.2) is 46.2 Å². The molecule has 0 saturated carbocycles. The van der Waals surface area contributed by atoms with E-state index in [1.165, 1.54) is 17.0 Å². The van der Waals surface area contributed by atoms with E-state index in [0.29, 0.717) is 29.5 Å². The summed E-state index contributed by atoms with van der Waals surface area (Å²) in [5.41, 5.74) is 1.11. The fourth-order valence-corrected chi connectivity index (χ4v) is 3.70. The zero-order valence-corrected chi connectivity index (χ0v) is 16.3. The molecule has 0 aliphatic carbocycles. The van der Waals surface area contributed by atoms with Crippen molar-refractivity contribution in [1.29, 1.82) is 0 Å². The van der Waals surface area contributed by atoms with Gasteiger partial charge in [0.25, 0.3) is 0 Å². The number of carbonyl (C=O) groups excluding carboxylic acids is 1. The lowest BCUT2D eigenvalue weighted by molar-refractivity contribution is -0.120. The number of aromatic nitrogens is 1. The lowest BCUT2D eigenvalue weighted by Crippen LogP contribution is -2.35. The average molecular weight is 387 g/mol. The molecule has 2 aromatic heterocycles. The van der Waals surface area contributed by atoms with Crippen LogP contribution in [0.25, 0.3) is 11.5 Å². The minimum Gasteiger partial charge on any atom is -0.441 e. The quantitative estimate of drug-likeness (QED) is 0.670. The normalized spacial score (nSPS) is 12.3.